The van der Waals surface area contributed by atoms with E-state index < -0.39 is 53.9 Å². The number of carbonyl (C=O) groups excluding carboxylic acids is 4. The van der Waals surface area contributed by atoms with Crippen LogP contribution < -0.4 is 16.4 Å². The minimum atomic E-state index is -0.996. The molecular weight excluding hydrogens is 657 g/mol. The molecule has 5 N–H and O–H groups in total. The van der Waals surface area contributed by atoms with Gasteiger partial charge in [-0.15, -0.1) is 0 Å². The molecule has 0 aromatic rings. The van der Waals surface area contributed by atoms with Gasteiger partial charge in [0.1, 0.15) is 6.10 Å². The van der Waals surface area contributed by atoms with Gasteiger partial charge >= 0.3 is 6.09 Å². The van der Waals surface area contributed by atoms with Crippen LogP contribution in [0.5, 0.6) is 0 Å². The Kier molecular flexibility index (Phi) is 14.1. The van der Waals surface area contributed by atoms with E-state index in [1.165, 1.54) is 20.3 Å². The number of hydrogen-bond donors (Lipinski definition) is 4. The van der Waals surface area contributed by atoms with E-state index in [9.17, 15) is 24.3 Å². The van der Waals surface area contributed by atoms with E-state index in [-0.39, 0.29) is 34.9 Å². The highest BCUT2D eigenvalue weighted by atomic mass is 127. The Balaban J connectivity index is 2.61. The van der Waals surface area contributed by atoms with E-state index in [2.05, 4.69) is 33.2 Å². The number of hydrogen-bond acceptors (Lipinski definition) is 9. The number of nitrogens with two attached hydrogens (primary N) is 1. The summed E-state index contributed by atoms with van der Waals surface area (Å²) in [6, 6.07) is 0. The third-order valence-corrected chi connectivity index (χ3v) is 7.73. The van der Waals surface area contributed by atoms with Crippen molar-refractivity contribution >= 4 is 46.2 Å². The quantitative estimate of drug-likeness (QED) is 0.141. The number of amides is 2. The molecule has 0 saturated heterocycles. The first-order chi connectivity index (χ1) is 19.8. The highest BCUT2D eigenvalue weighted by molar-refractivity contribution is 14.1. The normalized spacial score (nSPS) is 31.7. The first-order valence-electron chi connectivity index (χ1n) is 13.7. The Morgan fingerprint density at radius 2 is 1.88 bits per heavy atom. The second-order valence-electron chi connectivity index (χ2n) is 10.5. The van der Waals surface area contributed by atoms with Crippen LogP contribution in [0, 0.1) is 11.8 Å². The van der Waals surface area contributed by atoms with Gasteiger partial charge in [-0.05, 0) is 38.2 Å². The summed E-state index contributed by atoms with van der Waals surface area (Å²) in [4.78, 5) is 51.3. The fourth-order valence-corrected chi connectivity index (χ4v) is 5.22. The second kappa shape index (κ2) is 16.7. The number of methoxy groups -OCH3 is 2. The largest absolute Gasteiger partial charge is 0.439 e. The van der Waals surface area contributed by atoms with Gasteiger partial charge in [-0.25, -0.2) is 4.79 Å². The maximum absolute atomic E-state index is 13.6. The van der Waals surface area contributed by atoms with Gasteiger partial charge in [-0.1, -0.05) is 60.7 Å². The van der Waals surface area contributed by atoms with Gasteiger partial charge in [0.25, 0.3) is 5.91 Å². The van der Waals surface area contributed by atoms with Crippen LogP contribution in [0.25, 0.3) is 0 Å². The minimum absolute atomic E-state index is 0.108. The van der Waals surface area contributed by atoms with Crippen LogP contribution in [-0.2, 0) is 28.6 Å². The second-order valence-corrected chi connectivity index (χ2v) is 11.6. The first kappa shape index (κ1) is 35.4. The first-order valence-corrected chi connectivity index (χ1v) is 15.2. The van der Waals surface area contributed by atoms with Crippen LogP contribution in [0.15, 0.2) is 58.5 Å². The van der Waals surface area contributed by atoms with Crippen molar-refractivity contribution in [2.45, 2.75) is 65.0 Å². The number of ether oxygens (including phenoxy) is 3. The van der Waals surface area contributed by atoms with Gasteiger partial charge in [0.15, 0.2) is 6.10 Å². The van der Waals surface area contributed by atoms with Crippen LogP contribution in [0.3, 0.4) is 0 Å². The number of Topliss-reactive ketones (excluding diaryl/α,β-unsaturated/α-hetero) is 1. The van der Waals surface area contributed by atoms with Gasteiger partial charge < -0.3 is 35.7 Å². The fourth-order valence-electron chi connectivity index (χ4n) is 4.95. The summed E-state index contributed by atoms with van der Waals surface area (Å²) >= 11 is 2.17. The molecule has 2 bridgehead atoms. The number of rotatable bonds is 6. The third kappa shape index (κ3) is 9.61. The van der Waals surface area contributed by atoms with Crippen molar-refractivity contribution in [1.29, 1.82) is 0 Å². The highest BCUT2D eigenvalue weighted by Crippen LogP contribution is 2.28. The zero-order valence-electron chi connectivity index (χ0n) is 24.9. The molecule has 0 radical (unpaired) electrons. The van der Waals surface area contributed by atoms with Crippen LogP contribution >= 0.6 is 22.6 Å². The van der Waals surface area contributed by atoms with E-state index in [0.29, 0.717) is 23.0 Å². The van der Waals surface area contributed by atoms with Gasteiger partial charge in [0.05, 0.1) is 23.6 Å². The summed E-state index contributed by atoms with van der Waals surface area (Å²) in [5.74, 6) is -2.02. The van der Waals surface area contributed by atoms with Crippen LogP contribution in [0.2, 0.25) is 0 Å². The average molecular weight is 700 g/mol. The van der Waals surface area contributed by atoms with Gasteiger partial charge in [0, 0.05) is 48.3 Å². The van der Waals surface area contributed by atoms with E-state index in [0.717, 1.165) is 6.08 Å². The molecule has 11 nitrogen and oxygen atoms in total. The summed E-state index contributed by atoms with van der Waals surface area (Å²) < 4.78 is 17.3. The Morgan fingerprint density at radius 3 is 2.48 bits per heavy atom. The minimum Gasteiger partial charge on any atom is -0.439 e. The van der Waals surface area contributed by atoms with Crippen molar-refractivity contribution in [3.63, 3.8) is 0 Å². The number of aliphatic hydroxyl groups is 1. The van der Waals surface area contributed by atoms with Crippen molar-refractivity contribution in [3.8, 4) is 0 Å². The molecule has 42 heavy (non-hydrogen) atoms. The predicted octanol–water partition coefficient (Wildman–Crippen LogP) is 2.79. The number of alkyl halides is 1. The summed E-state index contributed by atoms with van der Waals surface area (Å²) in [7, 11) is 2.93. The number of halogens is 1. The summed E-state index contributed by atoms with van der Waals surface area (Å²) in [6.07, 6.45) is 3.93. The molecule has 1 heterocycles. The van der Waals surface area contributed by atoms with Crippen LogP contribution in [0.4, 0.5) is 4.79 Å². The molecule has 0 fully saturated rings. The summed E-state index contributed by atoms with van der Waals surface area (Å²) in [5.41, 5.74) is 6.58. The SMILES string of the molecule is CO[C@H]1/C=C\C=C(/C)C(=O)NC2=CC(=O)C(NCCI)=C(C[C@@H](C)C[C@H](OC)[C@H](O)[C@@H](C)/C=C(\C)[C@@H]1OC(N)=O)C2=O. The van der Waals surface area contributed by atoms with Crippen LogP contribution in [-0.4, -0.2) is 78.3 Å². The van der Waals surface area contributed by atoms with E-state index in [4.69, 9.17) is 19.9 Å². The number of fused-ring (bicyclic) bond motifs is 2. The number of ketones is 2. The smallest absolute Gasteiger partial charge is 0.405 e. The monoisotopic (exact) mass is 699 g/mol. The van der Waals surface area contributed by atoms with E-state index in [1.807, 2.05) is 13.8 Å². The molecule has 2 amide bonds. The zero-order valence-corrected chi connectivity index (χ0v) is 27.1. The van der Waals surface area contributed by atoms with Crippen molar-refractivity contribution in [1.82, 2.24) is 10.6 Å². The topological polar surface area (TPSA) is 166 Å². The molecule has 0 aromatic carbocycles. The lowest BCUT2D eigenvalue weighted by atomic mass is 9.85. The number of nitrogens with one attached hydrogen (secondary N) is 2. The molecule has 2 rings (SSSR count). The van der Waals surface area contributed by atoms with E-state index in [1.54, 1.807) is 32.1 Å². The molecule has 0 aromatic heterocycles. The van der Waals surface area contributed by atoms with Crippen molar-refractivity contribution < 1.29 is 38.5 Å². The molecule has 0 unspecified atom stereocenters. The summed E-state index contributed by atoms with van der Waals surface area (Å²) in [5, 5.41) is 16.9. The molecule has 0 saturated carbocycles. The predicted molar refractivity (Wildman–Crippen MR) is 166 cm³/mol. The molecule has 232 valence electrons. The van der Waals surface area contributed by atoms with Crippen molar-refractivity contribution in [2.75, 3.05) is 25.2 Å². The van der Waals surface area contributed by atoms with Crippen molar-refractivity contribution in [2.24, 2.45) is 17.6 Å². The molecule has 1 aliphatic heterocycles. The molecule has 0 spiro atoms. The Hall–Kier alpha value is -2.81. The fraction of sp³-hybridized carbons (Fsp3) is 0.533. The average Bonchev–Trinajstić information content (AvgIpc) is 2.94. The Labute approximate surface area is 260 Å². The van der Waals surface area contributed by atoms with Gasteiger partial charge in [0.2, 0.25) is 11.6 Å². The maximum atomic E-state index is 13.6. The standard InChI is InChI=1S/C30H42IN3O8/c1-16-12-20-25(33-11-10-31)22(35)15-21(27(20)37)34-29(38)17(2)8-7-9-23(40-5)28(42-30(32)39)19(4)14-18(3)26(36)24(13-16)41-6/h7-9,14-16,18,23-24,26,28,33,36H,10-13H2,1-6H3,(H2,32,39)(H,34,38)/b9-7-,17-8+,19-14+/t16-,18+,23+,24+,26-,28+/m1/s1. The number of carbonyl (C=O) groups is 4. The van der Waals surface area contributed by atoms with Crippen LogP contribution in [0.1, 0.15) is 40.5 Å². The molecular formula is C30H42IN3O8. The highest BCUT2D eigenvalue weighted by Gasteiger charge is 2.33. The Bertz CT molecular complexity index is 1190. The molecule has 6 atom stereocenters. The molecule has 2 aliphatic rings. The van der Waals surface area contributed by atoms with Gasteiger partial charge in [-0.3, -0.25) is 14.4 Å². The third-order valence-electron chi connectivity index (χ3n) is 7.19. The number of allylic oxidation sites excluding steroid dienone is 4. The summed E-state index contributed by atoms with van der Waals surface area (Å²) in [6.45, 7) is 7.50. The number of primary amides is 1. The zero-order chi connectivity index (χ0) is 31.6. The Morgan fingerprint density at radius 1 is 1.19 bits per heavy atom. The van der Waals surface area contributed by atoms with Gasteiger partial charge in [-0.2, -0.15) is 0 Å². The molecule has 1 aliphatic carbocycles. The lowest BCUT2D eigenvalue weighted by Crippen LogP contribution is -2.38. The maximum Gasteiger partial charge on any atom is 0.405 e. The van der Waals surface area contributed by atoms with Crippen molar-refractivity contribution in [3.05, 3.63) is 58.5 Å². The lowest BCUT2D eigenvalue weighted by molar-refractivity contribution is -0.120. The lowest BCUT2D eigenvalue weighted by Gasteiger charge is -2.30. The molecule has 12 heteroatoms. The number of aliphatic hydroxyl groups excluding tert-OH is 1. The van der Waals surface area contributed by atoms with E-state index >= 15 is 0 Å².